The largest absolute Gasteiger partial charge is 0.291 e. The Labute approximate surface area is 112 Å². The Balaban J connectivity index is 2.19. The molecule has 0 radical (unpaired) electrons. The summed E-state index contributed by atoms with van der Waals surface area (Å²) in [5, 5.41) is 0. The number of rotatable bonds is 3. The van der Waals surface area contributed by atoms with Gasteiger partial charge < -0.3 is 0 Å². The average molecular weight is 350 g/mol. The molecule has 84 valence electrons. The van der Waals surface area contributed by atoms with E-state index in [2.05, 4.69) is 28.1 Å². The Bertz CT molecular complexity index is 447. The molecule has 1 N–H and O–H groups in total. The highest BCUT2D eigenvalue weighted by atomic mass is 127. The van der Waals surface area contributed by atoms with Crippen molar-refractivity contribution in [3.8, 4) is 0 Å². The van der Waals surface area contributed by atoms with Crippen molar-refractivity contribution in [2.24, 2.45) is 0 Å². The van der Waals surface area contributed by atoms with E-state index < -0.39 is 0 Å². The Morgan fingerprint density at radius 1 is 1.56 bits per heavy atom. The molecule has 2 rings (SSSR count). The summed E-state index contributed by atoms with van der Waals surface area (Å²) in [6.07, 6.45) is 1.52. The second-order valence-electron chi connectivity index (χ2n) is 3.33. The third-order valence-electron chi connectivity index (χ3n) is 2.21. The van der Waals surface area contributed by atoms with E-state index in [4.69, 9.17) is 16.4 Å². The van der Waals surface area contributed by atoms with Crippen LogP contribution in [0.5, 0.6) is 0 Å². The van der Waals surface area contributed by atoms with Crippen molar-refractivity contribution < 1.29 is 9.63 Å². The van der Waals surface area contributed by atoms with E-state index in [1.807, 2.05) is 24.3 Å². The van der Waals surface area contributed by atoms with Crippen LogP contribution in [-0.2, 0) is 9.63 Å². The fraction of sp³-hybridized carbons (Fsp3) is 0.182. The van der Waals surface area contributed by atoms with Crippen LogP contribution in [0, 0.1) is 3.57 Å². The Hall–Kier alpha value is -0.590. The van der Waals surface area contributed by atoms with Gasteiger partial charge in [-0.15, -0.1) is 11.6 Å². The molecule has 1 aromatic rings. The molecule has 1 aliphatic rings. The topological polar surface area (TPSA) is 38.3 Å². The fourth-order valence-electron chi connectivity index (χ4n) is 1.42. The van der Waals surface area contributed by atoms with Gasteiger partial charge in [0, 0.05) is 3.57 Å². The summed E-state index contributed by atoms with van der Waals surface area (Å²) in [6.45, 7) is 0. The lowest BCUT2D eigenvalue weighted by Gasteiger charge is -2.07. The summed E-state index contributed by atoms with van der Waals surface area (Å²) in [6, 6.07) is 7.92. The number of hydrogen-bond acceptors (Lipinski definition) is 3. The van der Waals surface area contributed by atoms with Gasteiger partial charge in [0.1, 0.15) is 11.8 Å². The third-order valence-corrected chi connectivity index (χ3v) is 3.13. The predicted octanol–water partition coefficient (Wildman–Crippen LogP) is 2.56. The molecule has 0 saturated heterocycles. The molecular weight excluding hydrogens is 340 g/mol. The molecule has 5 heteroatoms. The van der Waals surface area contributed by atoms with Crippen LogP contribution >= 0.6 is 34.2 Å². The van der Waals surface area contributed by atoms with Crippen LogP contribution < -0.4 is 5.48 Å². The van der Waals surface area contributed by atoms with Crippen LogP contribution in [0.1, 0.15) is 11.7 Å². The second kappa shape index (κ2) is 5.16. The molecular formula is C11H9ClINO2. The molecule has 0 spiro atoms. The van der Waals surface area contributed by atoms with Crippen LogP contribution in [0.25, 0.3) is 0 Å². The molecule has 1 heterocycles. The third kappa shape index (κ3) is 2.56. The number of hydrogen-bond donors (Lipinski definition) is 1. The van der Waals surface area contributed by atoms with Crippen LogP contribution in [0.4, 0.5) is 0 Å². The van der Waals surface area contributed by atoms with E-state index in [0.717, 1.165) is 9.13 Å². The lowest BCUT2D eigenvalue weighted by molar-refractivity contribution is -0.114. The zero-order chi connectivity index (χ0) is 11.5. The summed E-state index contributed by atoms with van der Waals surface area (Å²) < 4.78 is 1.13. The number of alkyl halides is 1. The van der Waals surface area contributed by atoms with E-state index in [9.17, 15) is 4.79 Å². The van der Waals surface area contributed by atoms with Gasteiger partial charge in [0.15, 0.2) is 5.78 Å². The minimum atomic E-state index is -0.225. The van der Waals surface area contributed by atoms with E-state index in [1.54, 1.807) is 6.08 Å². The lowest BCUT2D eigenvalue weighted by Crippen LogP contribution is -2.16. The zero-order valence-corrected chi connectivity index (χ0v) is 11.2. The first-order valence-corrected chi connectivity index (χ1v) is 6.30. The van der Waals surface area contributed by atoms with Crippen molar-refractivity contribution in [3.05, 3.63) is 45.2 Å². The number of benzene rings is 1. The highest BCUT2D eigenvalue weighted by Gasteiger charge is 2.21. The first kappa shape index (κ1) is 11.9. The van der Waals surface area contributed by atoms with Gasteiger partial charge in [0.25, 0.3) is 0 Å². The molecule has 0 bridgehead atoms. The molecule has 3 nitrogen and oxygen atoms in total. The van der Waals surface area contributed by atoms with E-state index in [1.165, 1.54) is 0 Å². The van der Waals surface area contributed by atoms with Crippen molar-refractivity contribution >= 4 is 40.0 Å². The first-order chi connectivity index (χ1) is 7.70. The van der Waals surface area contributed by atoms with Gasteiger partial charge in [-0.3, -0.25) is 15.1 Å². The molecule has 0 fully saturated rings. The van der Waals surface area contributed by atoms with Gasteiger partial charge >= 0.3 is 0 Å². The van der Waals surface area contributed by atoms with Crippen molar-refractivity contribution in [2.75, 3.05) is 5.88 Å². The van der Waals surface area contributed by atoms with Gasteiger partial charge in [0.05, 0.1) is 5.88 Å². The highest BCUT2D eigenvalue weighted by Crippen LogP contribution is 2.25. The van der Waals surface area contributed by atoms with E-state index in [0.29, 0.717) is 5.70 Å². The van der Waals surface area contributed by atoms with E-state index >= 15 is 0 Å². The van der Waals surface area contributed by atoms with Crippen molar-refractivity contribution in [1.29, 1.82) is 0 Å². The summed E-state index contributed by atoms with van der Waals surface area (Å²) in [5.74, 6) is -0.198. The molecule has 0 aromatic heterocycles. The van der Waals surface area contributed by atoms with E-state index in [-0.39, 0.29) is 17.8 Å². The van der Waals surface area contributed by atoms with Crippen LogP contribution in [0.15, 0.2) is 36.0 Å². The maximum Gasteiger partial charge on any atom is 0.195 e. The molecule has 1 aliphatic heterocycles. The van der Waals surface area contributed by atoms with Crippen molar-refractivity contribution in [2.45, 2.75) is 6.10 Å². The molecule has 16 heavy (non-hydrogen) atoms. The van der Waals surface area contributed by atoms with Crippen LogP contribution in [0.3, 0.4) is 0 Å². The highest BCUT2D eigenvalue weighted by molar-refractivity contribution is 14.1. The first-order valence-electron chi connectivity index (χ1n) is 4.69. The summed E-state index contributed by atoms with van der Waals surface area (Å²) in [4.78, 5) is 16.6. The summed E-state index contributed by atoms with van der Waals surface area (Å²) >= 11 is 7.70. The van der Waals surface area contributed by atoms with Gasteiger partial charge in [-0.1, -0.05) is 12.1 Å². The predicted molar refractivity (Wildman–Crippen MR) is 69.9 cm³/mol. The summed E-state index contributed by atoms with van der Waals surface area (Å²) in [5.41, 5.74) is 4.04. The smallest absolute Gasteiger partial charge is 0.195 e. The maximum atomic E-state index is 11.3. The number of nitrogens with one attached hydrogen (secondary N) is 1. The maximum absolute atomic E-state index is 11.3. The average Bonchev–Trinajstić information content (AvgIpc) is 2.77. The van der Waals surface area contributed by atoms with Crippen molar-refractivity contribution in [3.63, 3.8) is 0 Å². The lowest BCUT2D eigenvalue weighted by atomic mass is 10.1. The Kier molecular flexibility index (Phi) is 3.83. The molecule has 0 saturated carbocycles. The minimum absolute atomic E-state index is 0.0404. The number of allylic oxidation sites excluding steroid dienone is 1. The van der Waals surface area contributed by atoms with Gasteiger partial charge in [-0.05, 0) is 46.4 Å². The number of halogens is 2. The fourth-order valence-corrected chi connectivity index (χ4v) is 2.13. The van der Waals surface area contributed by atoms with Crippen molar-refractivity contribution in [1.82, 2.24) is 5.48 Å². The van der Waals surface area contributed by atoms with Crippen LogP contribution in [-0.4, -0.2) is 11.7 Å². The number of Topliss-reactive ketones (excluding diaryl/α,β-unsaturated/α-hetero) is 1. The zero-order valence-electron chi connectivity index (χ0n) is 8.24. The Morgan fingerprint density at radius 3 is 3.06 bits per heavy atom. The Morgan fingerprint density at radius 2 is 2.38 bits per heavy atom. The molecule has 0 aliphatic carbocycles. The van der Waals surface area contributed by atoms with Gasteiger partial charge in [-0.25, -0.2) is 0 Å². The molecule has 0 amide bonds. The number of carbonyl (C=O) groups is 1. The number of hydroxylamine groups is 1. The number of carbonyl (C=O) groups excluding carboxylic acids is 1. The quantitative estimate of drug-likeness (QED) is 0.673. The summed E-state index contributed by atoms with van der Waals surface area (Å²) in [7, 11) is 0. The monoisotopic (exact) mass is 349 g/mol. The molecule has 1 aromatic carbocycles. The van der Waals surface area contributed by atoms with Crippen LogP contribution in [0.2, 0.25) is 0 Å². The van der Waals surface area contributed by atoms with Gasteiger partial charge in [-0.2, -0.15) is 0 Å². The van der Waals surface area contributed by atoms with Gasteiger partial charge in [0.2, 0.25) is 0 Å². The normalized spacial score (nSPS) is 19.1. The SMILES string of the molecule is O=C(CCl)C1=CC(c2cccc(I)c2)ON1. The molecule has 1 atom stereocenters. The minimum Gasteiger partial charge on any atom is -0.291 e. The molecule has 1 unspecified atom stereocenters. The number of ketones is 1. The second-order valence-corrected chi connectivity index (χ2v) is 4.85. The standard InChI is InChI=1S/C11H9ClINO2/c12-6-10(15)9-5-11(16-14-9)7-2-1-3-8(13)4-7/h1-5,11,14H,6H2.